The number of carbonyl (C=O) groups excluding carboxylic acids is 1. The second-order valence-electron chi connectivity index (χ2n) is 6.30. The van der Waals surface area contributed by atoms with Crippen molar-refractivity contribution in [3.05, 3.63) is 81.6 Å². The first kappa shape index (κ1) is 18.9. The van der Waals surface area contributed by atoms with Crippen LogP contribution in [-0.2, 0) is 11.3 Å². The van der Waals surface area contributed by atoms with Gasteiger partial charge in [-0.25, -0.2) is 4.68 Å². The summed E-state index contributed by atoms with van der Waals surface area (Å²) in [6.07, 6.45) is 0.835. The Morgan fingerprint density at radius 3 is 2.44 bits per heavy atom. The van der Waals surface area contributed by atoms with Crippen molar-refractivity contribution in [3.8, 4) is 11.3 Å². The molecule has 1 heterocycles. The van der Waals surface area contributed by atoms with Crippen molar-refractivity contribution in [2.75, 3.05) is 5.32 Å². The number of rotatable bonds is 6. The van der Waals surface area contributed by atoms with Gasteiger partial charge in [-0.3, -0.25) is 9.59 Å². The first-order valence-corrected chi connectivity index (χ1v) is 9.10. The first-order valence-electron chi connectivity index (χ1n) is 8.72. The molecule has 0 aliphatic rings. The second kappa shape index (κ2) is 8.64. The fraction of sp³-hybridized carbons (Fsp3) is 0.190. The Morgan fingerprint density at radius 2 is 1.74 bits per heavy atom. The highest BCUT2D eigenvalue weighted by Gasteiger charge is 2.06. The van der Waals surface area contributed by atoms with Crippen LogP contribution in [-0.4, -0.2) is 15.7 Å². The molecule has 0 spiro atoms. The van der Waals surface area contributed by atoms with Crippen LogP contribution >= 0.6 is 11.6 Å². The molecule has 138 valence electrons. The van der Waals surface area contributed by atoms with E-state index in [4.69, 9.17) is 11.6 Å². The number of amides is 1. The van der Waals surface area contributed by atoms with Crippen LogP contribution in [0.4, 0.5) is 5.69 Å². The van der Waals surface area contributed by atoms with Gasteiger partial charge in [-0.1, -0.05) is 41.4 Å². The standard InChI is InChI=1S/C21H20ClN3O2/c1-15-4-10-18(11-5-15)23-20(26)3-2-14-25-21(27)13-12-19(24-25)16-6-8-17(22)9-7-16/h4-13H,2-3,14H2,1H3,(H,23,26). The minimum Gasteiger partial charge on any atom is -0.326 e. The van der Waals surface area contributed by atoms with Gasteiger partial charge in [-0.05, 0) is 43.7 Å². The lowest BCUT2D eigenvalue weighted by Crippen LogP contribution is -2.23. The summed E-state index contributed by atoms with van der Waals surface area (Å²) in [5.74, 6) is -0.0826. The van der Waals surface area contributed by atoms with E-state index in [1.54, 1.807) is 18.2 Å². The van der Waals surface area contributed by atoms with Crippen LogP contribution in [0.15, 0.2) is 65.5 Å². The van der Waals surface area contributed by atoms with Crippen LogP contribution in [0.3, 0.4) is 0 Å². The van der Waals surface area contributed by atoms with E-state index < -0.39 is 0 Å². The molecule has 0 radical (unpaired) electrons. The summed E-state index contributed by atoms with van der Waals surface area (Å²) < 4.78 is 1.39. The van der Waals surface area contributed by atoms with Crippen molar-refractivity contribution in [3.63, 3.8) is 0 Å². The lowest BCUT2D eigenvalue weighted by atomic mass is 10.1. The Labute approximate surface area is 162 Å². The molecule has 0 saturated carbocycles. The highest BCUT2D eigenvalue weighted by atomic mass is 35.5. The van der Waals surface area contributed by atoms with E-state index in [-0.39, 0.29) is 11.5 Å². The fourth-order valence-corrected chi connectivity index (χ4v) is 2.76. The Morgan fingerprint density at radius 1 is 1.04 bits per heavy atom. The minimum absolute atomic E-state index is 0.0826. The van der Waals surface area contributed by atoms with Crippen molar-refractivity contribution in [2.45, 2.75) is 26.3 Å². The summed E-state index contributed by atoms with van der Waals surface area (Å²) >= 11 is 5.91. The van der Waals surface area contributed by atoms with Gasteiger partial charge in [0.15, 0.2) is 0 Å². The quantitative estimate of drug-likeness (QED) is 0.692. The van der Waals surface area contributed by atoms with Gasteiger partial charge in [0.1, 0.15) is 0 Å². The number of hydrogen-bond acceptors (Lipinski definition) is 3. The molecule has 0 atom stereocenters. The molecule has 0 saturated heterocycles. The maximum Gasteiger partial charge on any atom is 0.266 e. The van der Waals surface area contributed by atoms with Crippen molar-refractivity contribution >= 4 is 23.2 Å². The van der Waals surface area contributed by atoms with Crippen molar-refractivity contribution in [1.29, 1.82) is 0 Å². The largest absolute Gasteiger partial charge is 0.326 e. The molecule has 0 fully saturated rings. The number of benzene rings is 2. The third kappa shape index (κ3) is 5.28. The van der Waals surface area contributed by atoms with Gasteiger partial charge in [0.05, 0.1) is 5.69 Å². The molecule has 0 aliphatic carbocycles. The normalized spacial score (nSPS) is 10.6. The smallest absolute Gasteiger partial charge is 0.266 e. The zero-order chi connectivity index (χ0) is 19.2. The molecule has 0 aliphatic heterocycles. The molecule has 1 amide bonds. The van der Waals surface area contributed by atoms with E-state index in [1.807, 2.05) is 43.3 Å². The van der Waals surface area contributed by atoms with Gasteiger partial charge in [-0.15, -0.1) is 0 Å². The lowest BCUT2D eigenvalue weighted by Gasteiger charge is -2.08. The molecule has 1 aromatic heterocycles. The van der Waals surface area contributed by atoms with Gasteiger partial charge in [0.25, 0.3) is 5.56 Å². The monoisotopic (exact) mass is 381 g/mol. The average molecular weight is 382 g/mol. The van der Waals surface area contributed by atoms with Crippen LogP contribution < -0.4 is 10.9 Å². The van der Waals surface area contributed by atoms with Gasteiger partial charge in [-0.2, -0.15) is 5.10 Å². The maximum absolute atomic E-state index is 12.1. The zero-order valence-corrected chi connectivity index (χ0v) is 15.7. The highest BCUT2D eigenvalue weighted by molar-refractivity contribution is 6.30. The van der Waals surface area contributed by atoms with Crippen LogP contribution in [0, 0.1) is 6.92 Å². The van der Waals surface area contributed by atoms with Crippen LogP contribution in [0.1, 0.15) is 18.4 Å². The van der Waals surface area contributed by atoms with Gasteiger partial charge < -0.3 is 5.32 Å². The summed E-state index contributed by atoms with van der Waals surface area (Å²) in [4.78, 5) is 24.1. The number of nitrogens with zero attached hydrogens (tertiary/aromatic N) is 2. The molecule has 0 unspecified atom stereocenters. The van der Waals surface area contributed by atoms with E-state index in [0.717, 1.165) is 16.8 Å². The third-order valence-electron chi connectivity index (χ3n) is 4.12. The van der Waals surface area contributed by atoms with E-state index in [0.29, 0.717) is 30.1 Å². The number of anilines is 1. The number of aromatic nitrogens is 2. The summed E-state index contributed by atoms with van der Waals surface area (Å²) in [6, 6.07) is 18.1. The summed E-state index contributed by atoms with van der Waals surface area (Å²) in [7, 11) is 0. The molecule has 27 heavy (non-hydrogen) atoms. The molecule has 1 N–H and O–H groups in total. The van der Waals surface area contributed by atoms with Crippen molar-refractivity contribution < 1.29 is 4.79 Å². The zero-order valence-electron chi connectivity index (χ0n) is 15.0. The Hall–Kier alpha value is -2.92. The van der Waals surface area contributed by atoms with Gasteiger partial charge in [0.2, 0.25) is 5.91 Å². The van der Waals surface area contributed by atoms with E-state index in [9.17, 15) is 9.59 Å². The van der Waals surface area contributed by atoms with E-state index in [1.165, 1.54) is 10.7 Å². The molecule has 2 aromatic carbocycles. The van der Waals surface area contributed by atoms with Crippen molar-refractivity contribution in [1.82, 2.24) is 9.78 Å². The first-order chi connectivity index (χ1) is 13.0. The van der Waals surface area contributed by atoms with Crippen LogP contribution in [0.2, 0.25) is 5.02 Å². The predicted octanol–water partition coefficient (Wildman–Crippen LogP) is 4.29. The van der Waals surface area contributed by atoms with Crippen molar-refractivity contribution in [2.24, 2.45) is 0 Å². The number of hydrogen-bond donors (Lipinski definition) is 1. The molecule has 3 rings (SSSR count). The third-order valence-corrected chi connectivity index (χ3v) is 4.37. The number of carbonyl (C=O) groups is 1. The molecule has 0 bridgehead atoms. The SMILES string of the molecule is Cc1ccc(NC(=O)CCCn2nc(-c3ccc(Cl)cc3)ccc2=O)cc1. The Kier molecular flexibility index (Phi) is 6.04. The maximum atomic E-state index is 12.1. The summed E-state index contributed by atoms with van der Waals surface area (Å²) in [5.41, 5.74) is 3.29. The molecule has 6 heteroatoms. The Bertz CT molecular complexity index is 980. The Balaban J connectivity index is 1.59. The van der Waals surface area contributed by atoms with Crippen LogP contribution in [0.25, 0.3) is 11.3 Å². The summed E-state index contributed by atoms with van der Waals surface area (Å²) in [5, 5.41) is 7.89. The number of aryl methyl sites for hydroxylation is 2. The van der Waals surface area contributed by atoms with E-state index in [2.05, 4.69) is 10.4 Å². The topological polar surface area (TPSA) is 64.0 Å². The molecular formula is C21H20ClN3O2. The number of nitrogens with one attached hydrogen (secondary N) is 1. The van der Waals surface area contributed by atoms with Crippen LogP contribution in [0.5, 0.6) is 0 Å². The predicted molar refractivity (Wildman–Crippen MR) is 108 cm³/mol. The lowest BCUT2D eigenvalue weighted by molar-refractivity contribution is -0.116. The van der Waals surface area contributed by atoms with Gasteiger partial charge in [0, 0.05) is 35.3 Å². The fourth-order valence-electron chi connectivity index (χ4n) is 2.63. The highest BCUT2D eigenvalue weighted by Crippen LogP contribution is 2.18. The average Bonchev–Trinajstić information content (AvgIpc) is 2.66. The minimum atomic E-state index is -0.188. The molecular weight excluding hydrogens is 362 g/mol. The molecule has 5 nitrogen and oxygen atoms in total. The summed E-state index contributed by atoms with van der Waals surface area (Å²) in [6.45, 7) is 2.37. The van der Waals surface area contributed by atoms with Gasteiger partial charge >= 0.3 is 0 Å². The van der Waals surface area contributed by atoms with E-state index >= 15 is 0 Å². The number of halogens is 1. The molecule has 3 aromatic rings. The second-order valence-corrected chi connectivity index (χ2v) is 6.74.